The van der Waals surface area contributed by atoms with Crippen molar-refractivity contribution >= 4 is 11.9 Å². The van der Waals surface area contributed by atoms with E-state index in [-0.39, 0.29) is 11.9 Å². The molecule has 0 aromatic carbocycles. The number of esters is 2. The monoisotopic (exact) mass is 765 g/mol. The SMILES string of the molecule is CCCCCCCCCCCCCCCC(=O)OCCCCC.CCCCCCCCCCCCCCCOC(=O)CCCCCCCCCCCCC. The van der Waals surface area contributed by atoms with Gasteiger partial charge in [-0.2, -0.15) is 0 Å². The molecule has 0 spiro atoms. The minimum absolute atomic E-state index is 0.00387. The van der Waals surface area contributed by atoms with Gasteiger partial charge in [0, 0.05) is 12.8 Å². The molecule has 0 aromatic heterocycles. The van der Waals surface area contributed by atoms with Crippen molar-refractivity contribution in [1.82, 2.24) is 0 Å². The first kappa shape index (κ1) is 55.0. The van der Waals surface area contributed by atoms with Gasteiger partial charge >= 0.3 is 11.9 Å². The molecule has 0 N–H and O–H groups in total. The van der Waals surface area contributed by atoms with Gasteiger partial charge in [-0.15, -0.1) is 0 Å². The van der Waals surface area contributed by atoms with Crippen molar-refractivity contribution in [2.75, 3.05) is 13.2 Å². The van der Waals surface area contributed by atoms with Crippen molar-refractivity contribution in [1.29, 1.82) is 0 Å². The fourth-order valence-electron chi connectivity index (χ4n) is 7.21. The summed E-state index contributed by atoms with van der Waals surface area (Å²) in [6.45, 7) is 10.2. The number of hydrogen-bond donors (Lipinski definition) is 0. The lowest BCUT2D eigenvalue weighted by molar-refractivity contribution is -0.144. The number of ether oxygens (including phenoxy) is 2. The van der Waals surface area contributed by atoms with Crippen LogP contribution in [0.15, 0.2) is 0 Å². The van der Waals surface area contributed by atoms with Crippen LogP contribution < -0.4 is 0 Å². The zero-order valence-electron chi connectivity index (χ0n) is 37.7. The van der Waals surface area contributed by atoms with E-state index in [1.165, 1.54) is 225 Å². The Balaban J connectivity index is 0. The lowest BCUT2D eigenvalue weighted by atomic mass is 10.0. The molecule has 0 aromatic rings. The first-order chi connectivity index (χ1) is 26.6. The third-order valence-corrected chi connectivity index (χ3v) is 11.0. The van der Waals surface area contributed by atoms with Gasteiger partial charge in [-0.05, 0) is 25.7 Å². The second kappa shape index (κ2) is 51.9. The van der Waals surface area contributed by atoms with Crippen LogP contribution in [0.4, 0.5) is 0 Å². The van der Waals surface area contributed by atoms with Crippen LogP contribution in [-0.2, 0) is 19.1 Å². The van der Waals surface area contributed by atoms with Gasteiger partial charge in [-0.1, -0.05) is 259 Å². The summed E-state index contributed by atoms with van der Waals surface area (Å²) < 4.78 is 10.6. The van der Waals surface area contributed by atoms with Crippen LogP contribution in [0, 0.1) is 0 Å². The molecular formula is C50H100O4. The number of unbranched alkanes of at least 4 members (excludes halogenated alkanes) is 36. The average molecular weight is 765 g/mol. The zero-order chi connectivity index (χ0) is 39.7. The largest absolute Gasteiger partial charge is 0.466 e. The minimum Gasteiger partial charge on any atom is -0.466 e. The Hall–Kier alpha value is -1.06. The highest BCUT2D eigenvalue weighted by Gasteiger charge is 2.04. The van der Waals surface area contributed by atoms with Crippen LogP contribution in [0.5, 0.6) is 0 Å². The number of rotatable bonds is 44. The van der Waals surface area contributed by atoms with Crippen LogP contribution in [0.1, 0.15) is 297 Å². The average Bonchev–Trinajstić information content (AvgIpc) is 3.17. The molecule has 0 amide bonds. The first-order valence-corrected chi connectivity index (χ1v) is 24.9. The molecule has 0 aliphatic rings. The summed E-state index contributed by atoms with van der Waals surface area (Å²) in [4.78, 5) is 23.3. The van der Waals surface area contributed by atoms with Gasteiger partial charge in [0.1, 0.15) is 0 Å². The van der Waals surface area contributed by atoms with E-state index in [9.17, 15) is 9.59 Å². The molecule has 0 saturated heterocycles. The molecule has 0 aliphatic heterocycles. The van der Waals surface area contributed by atoms with Gasteiger partial charge in [0.15, 0.2) is 0 Å². The second-order valence-electron chi connectivity index (χ2n) is 16.7. The summed E-state index contributed by atoms with van der Waals surface area (Å²) in [6, 6.07) is 0. The molecule has 0 radical (unpaired) electrons. The van der Waals surface area contributed by atoms with Crippen molar-refractivity contribution in [3.05, 3.63) is 0 Å². The van der Waals surface area contributed by atoms with Crippen molar-refractivity contribution in [3.63, 3.8) is 0 Å². The summed E-state index contributed by atoms with van der Waals surface area (Å²) >= 11 is 0. The maximum Gasteiger partial charge on any atom is 0.305 e. The van der Waals surface area contributed by atoms with Gasteiger partial charge in [0.05, 0.1) is 13.2 Å². The summed E-state index contributed by atoms with van der Waals surface area (Å²) in [7, 11) is 0. The van der Waals surface area contributed by atoms with E-state index in [0.29, 0.717) is 26.1 Å². The topological polar surface area (TPSA) is 52.6 Å². The van der Waals surface area contributed by atoms with Crippen LogP contribution in [0.25, 0.3) is 0 Å². The predicted octanol–water partition coefficient (Wildman–Crippen LogP) is 17.5. The van der Waals surface area contributed by atoms with Crippen molar-refractivity contribution < 1.29 is 19.1 Å². The third kappa shape index (κ3) is 53.0. The molecule has 4 heteroatoms. The van der Waals surface area contributed by atoms with E-state index < -0.39 is 0 Å². The van der Waals surface area contributed by atoms with E-state index in [2.05, 4.69) is 27.7 Å². The Kier molecular flexibility index (Phi) is 52.9. The highest BCUT2D eigenvalue weighted by molar-refractivity contribution is 5.69. The fraction of sp³-hybridized carbons (Fsp3) is 0.960. The Morgan fingerprint density at radius 3 is 0.648 bits per heavy atom. The van der Waals surface area contributed by atoms with Gasteiger partial charge in [-0.25, -0.2) is 0 Å². The molecule has 0 fully saturated rings. The van der Waals surface area contributed by atoms with Crippen LogP contribution >= 0.6 is 0 Å². The van der Waals surface area contributed by atoms with E-state index in [0.717, 1.165) is 32.1 Å². The fourth-order valence-corrected chi connectivity index (χ4v) is 7.21. The summed E-state index contributed by atoms with van der Waals surface area (Å²) in [6.07, 6.45) is 54.2. The Morgan fingerprint density at radius 1 is 0.241 bits per heavy atom. The maximum absolute atomic E-state index is 11.8. The Bertz CT molecular complexity index is 692. The maximum atomic E-state index is 11.8. The lowest BCUT2D eigenvalue weighted by Gasteiger charge is -2.06. The molecule has 0 heterocycles. The number of hydrogen-bond acceptors (Lipinski definition) is 4. The third-order valence-electron chi connectivity index (χ3n) is 11.0. The quantitative estimate of drug-likeness (QED) is 0.0458. The van der Waals surface area contributed by atoms with Gasteiger partial charge < -0.3 is 9.47 Å². The van der Waals surface area contributed by atoms with Crippen LogP contribution in [0.2, 0.25) is 0 Å². The van der Waals surface area contributed by atoms with E-state index in [1.54, 1.807) is 0 Å². The second-order valence-corrected chi connectivity index (χ2v) is 16.7. The standard InChI is InChI=1S/C29H58O2.C21H42O2/c1-3-5-7-9-11-13-15-16-18-20-22-24-26-28-31-29(30)27-25-23-21-19-17-14-12-10-8-6-4-2;1-3-5-7-8-9-10-11-12-13-14-15-16-17-19-21(22)23-20-18-6-4-2/h3-28H2,1-2H3;3-20H2,1-2H3. The van der Waals surface area contributed by atoms with Crippen LogP contribution in [0.3, 0.4) is 0 Å². The van der Waals surface area contributed by atoms with Gasteiger partial charge in [0.2, 0.25) is 0 Å². The minimum atomic E-state index is 0.00387. The molecule has 0 aliphatic carbocycles. The highest BCUT2D eigenvalue weighted by Crippen LogP contribution is 2.15. The van der Waals surface area contributed by atoms with E-state index in [1.807, 2.05) is 0 Å². The molecular weight excluding hydrogens is 665 g/mol. The van der Waals surface area contributed by atoms with Crippen molar-refractivity contribution in [2.24, 2.45) is 0 Å². The van der Waals surface area contributed by atoms with E-state index >= 15 is 0 Å². The lowest BCUT2D eigenvalue weighted by Crippen LogP contribution is -2.05. The molecule has 54 heavy (non-hydrogen) atoms. The Morgan fingerprint density at radius 2 is 0.407 bits per heavy atom. The Labute approximate surface area is 340 Å². The van der Waals surface area contributed by atoms with Gasteiger partial charge in [-0.3, -0.25) is 9.59 Å². The summed E-state index contributed by atoms with van der Waals surface area (Å²) in [5.41, 5.74) is 0. The highest BCUT2D eigenvalue weighted by atomic mass is 16.5. The van der Waals surface area contributed by atoms with Gasteiger partial charge in [0.25, 0.3) is 0 Å². The molecule has 0 unspecified atom stereocenters. The zero-order valence-corrected chi connectivity index (χ0v) is 37.7. The number of carbonyl (C=O) groups is 2. The molecule has 0 saturated carbocycles. The summed E-state index contributed by atoms with van der Waals surface area (Å²) in [5, 5.41) is 0. The molecule has 0 bridgehead atoms. The molecule has 0 atom stereocenters. The molecule has 0 rings (SSSR count). The predicted molar refractivity (Wildman–Crippen MR) is 239 cm³/mol. The normalized spacial score (nSPS) is 11.0. The molecule has 4 nitrogen and oxygen atoms in total. The van der Waals surface area contributed by atoms with Crippen molar-refractivity contribution in [2.45, 2.75) is 297 Å². The summed E-state index contributed by atoms with van der Waals surface area (Å²) in [5.74, 6) is 0.0269. The van der Waals surface area contributed by atoms with Crippen molar-refractivity contribution in [3.8, 4) is 0 Å². The smallest absolute Gasteiger partial charge is 0.305 e. The van der Waals surface area contributed by atoms with Crippen LogP contribution in [-0.4, -0.2) is 25.2 Å². The number of carbonyl (C=O) groups excluding carboxylic acids is 2. The van der Waals surface area contributed by atoms with E-state index in [4.69, 9.17) is 9.47 Å². The first-order valence-electron chi connectivity index (χ1n) is 24.9. The molecule has 324 valence electrons.